The molecule has 0 aliphatic rings. The molecule has 160 valence electrons. The number of hydrogen-bond donors (Lipinski definition) is 1. The fourth-order valence-corrected chi connectivity index (χ4v) is 5.41. The summed E-state index contributed by atoms with van der Waals surface area (Å²) < 4.78 is 8.04. The van der Waals surface area contributed by atoms with Crippen LogP contribution in [-0.2, 0) is 6.61 Å². The van der Waals surface area contributed by atoms with E-state index in [4.69, 9.17) is 4.74 Å². The molecule has 0 heterocycles. The topological polar surface area (TPSA) is 50.7 Å². The molecule has 1 N–H and O–H groups in total. The van der Waals surface area contributed by atoms with Crippen molar-refractivity contribution in [2.45, 2.75) is 13.5 Å². The number of fused-ring (bicyclic) bond motifs is 1. The van der Waals surface area contributed by atoms with Crippen molar-refractivity contribution in [2.75, 3.05) is 0 Å². The second-order valence-electron chi connectivity index (χ2n) is 7.31. The number of nitrogens with one attached hydrogen (secondary N) is 1. The van der Waals surface area contributed by atoms with Gasteiger partial charge in [0.05, 0.1) is 13.4 Å². The number of halogens is 2. The van der Waals surface area contributed by atoms with Gasteiger partial charge in [0.1, 0.15) is 12.4 Å². The number of nitrogens with zero attached hydrogens (tertiary/aromatic N) is 1. The van der Waals surface area contributed by atoms with E-state index in [1.165, 1.54) is 5.56 Å². The van der Waals surface area contributed by atoms with Gasteiger partial charge in [-0.25, -0.2) is 5.43 Å². The summed E-state index contributed by atoms with van der Waals surface area (Å²) in [6.07, 6.45) is 1.65. The number of amides is 1. The van der Waals surface area contributed by atoms with E-state index in [-0.39, 0.29) is 5.91 Å². The third-order valence-electron chi connectivity index (χ3n) is 4.94. The molecule has 4 aromatic rings. The summed E-state index contributed by atoms with van der Waals surface area (Å²) >= 11 is 4.53. The van der Waals surface area contributed by atoms with Crippen LogP contribution in [0.5, 0.6) is 5.75 Å². The molecule has 0 aromatic heterocycles. The average Bonchev–Trinajstić information content (AvgIpc) is 2.79. The van der Waals surface area contributed by atoms with Gasteiger partial charge in [0.15, 0.2) is 0 Å². The van der Waals surface area contributed by atoms with Gasteiger partial charge in [-0.1, -0.05) is 66.2 Å². The molecule has 1 amide bonds. The maximum Gasteiger partial charge on any atom is 0.271 e. The van der Waals surface area contributed by atoms with Crippen LogP contribution in [0, 0.1) is 14.1 Å². The van der Waals surface area contributed by atoms with Crippen LogP contribution in [0.4, 0.5) is 0 Å². The van der Waals surface area contributed by atoms with Crippen molar-refractivity contribution in [3.8, 4) is 5.75 Å². The van der Waals surface area contributed by atoms with Crippen LogP contribution in [0.25, 0.3) is 10.8 Å². The molecule has 0 aliphatic heterocycles. The molecule has 0 saturated heterocycles. The lowest BCUT2D eigenvalue weighted by Crippen LogP contribution is -2.18. The molecule has 4 rings (SSSR count). The fourth-order valence-electron chi connectivity index (χ4n) is 3.28. The van der Waals surface area contributed by atoms with Crippen molar-refractivity contribution < 1.29 is 9.53 Å². The van der Waals surface area contributed by atoms with E-state index in [1.807, 2.05) is 48.5 Å². The van der Waals surface area contributed by atoms with Crippen LogP contribution in [0.3, 0.4) is 0 Å². The van der Waals surface area contributed by atoms with Gasteiger partial charge in [-0.2, -0.15) is 5.10 Å². The number of carbonyl (C=O) groups excluding carboxylic acids is 1. The average molecular weight is 646 g/mol. The normalized spacial score (nSPS) is 11.1. The molecule has 0 fully saturated rings. The van der Waals surface area contributed by atoms with Crippen molar-refractivity contribution in [3.63, 3.8) is 0 Å². The Balaban J connectivity index is 1.44. The van der Waals surface area contributed by atoms with Gasteiger partial charge in [0.25, 0.3) is 5.91 Å². The Morgan fingerprint density at radius 1 is 0.969 bits per heavy atom. The van der Waals surface area contributed by atoms with Crippen LogP contribution in [0.15, 0.2) is 84.0 Å². The zero-order valence-electron chi connectivity index (χ0n) is 17.3. The van der Waals surface area contributed by atoms with Crippen molar-refractivity contribution in [1.82, 2.24) is 5.43 Å². The summed E-state index contributed by atoms with van der Waals surface area (Å²) in [5.41, 5.74) is 6.49. The zero-order chi connectivity index (χ0) is 22.5. The van der Waals surface area contributed by atoms with Crippen molar-refractivity contribution in [1.29, 1.82) is 0 Å². The number of hydrazone groups is 1. The molecule has 0 radical (unpaired) electrons. The second kappa shape index (κ2) is 10.4. The summed E-state index contributed by atoms with van der Waals surface area (Å²) in [6, 6.07) is 25.8. The third-order valence-corrected chi connectivity index (χ3v) is 6.54. The summed E-state index contributed by atoms with van der Waals surface area (Å²) in [5, 5.41) is 6.09. The Morgan fingerprint density at radius 3 is 2.41 bits per heavy atom. The predicted octanol–water partition coefficient (Wildman–Crippen LogP) is 6.70. The van der Waals surface area contributed by atoms with E-state index in [0.717, 1.165) is 34.8 Å². The smallest absolute Gasteiger partial charge is 0.271 e. The minimum absolute atomic E-state index is 0.236. The number of rotatable bonds is 6. The molecule has 6 heteroatoms. The highest BCUT2D eigenvalue weighted by Crippen LogP contribution is 2.29. The first kappa shape index (κ1) is 22.7. The van der Waals surface area contributed by atoms with E-state index in [1.54, 1.807) is 12.3 Å². The van der Waals surface area contributed by atoms with Gasteiger partial charge in [-0.05, 0) is 92.2 Å². The van der Waals surface area contributed by atoms with Gasteiger partial charge < -0.3 is 4.74 Å². The Kier molecular flexibility index (Phi) is 7.41. The molecular weight excluding hydrogens is 626 g/mol. The fraction of sp³-hybridized carbons (Fsp3) is 0.0769. The van der Waals surface area contributed by atoms with Crippen LogP contribution in [0.1, 0.15) is 27.0 Å². The summed E-state index contributed by atoms with van der Waals surface area (Å²) in [4.78, 5) is 12.6. The maximum absolute atomic E-state index is 12.6. The molecule has 32 heavy (non-hydrogen) atoms. The molecular formula is C26H20I2N2O2. The molecule has 0 unspecified atom stereocenters. The SMILES string of the molecule is Cc1ccc(COc2c(I)cc(/C=N\NC(=O)c3cccc4ccccc34)cc2I)cc1. The number of ether oxygens (including phenoxy) is 1. The van der Waals surface area contributed by atoms with Crippen LogP contribution in [-0.4, -0.2) is 12.1 Å². The van der Waals surface area contributed by atoms with Gasteiger partial charge >= 0.3 is 0 Å². The van der Waals surface area contributed by atoms with Crippen molar-refractivity contribution in [3.05, 3.63) is 108 Å². The standard InChI is InChI=1S/C26H20I2N2O2/c1-17-9-11-18(12-10-17)16-32-25-23(27)13-19(14-24(25)28)15-29-30-26(31)22-8-4-6-20-5-2-3-7-21(20)22/h2-15H,16H2,1H3,(H,30,31)/b29-15-. The van der Waals surface area contributed by atoms with Gasteiger partial charge in [-0.3, -0.25) is 4.79 Å². The first-order chi connectivity index (χ1) is 15.5. The van der Waals surface area contributed by atoms with Crippen molar-refractivity contribution >= 4 is 68.1 Å². The van der Waals surface area contributed by atoms with Crippen molar-refractivity contribution in [2.24, 2.45) is 5.10 Å². The number of carbonyl (C=O) groups is 1. The van der Waals surface area contributed by atoms with E-state index in [9.17, 15) is 4.79 Å². The molecule has 4 aromatic carbocycles. The van der Waals surface area contributed by atoms with Crippen LogP contribution < -0.4 is 10.2 Å². The Morgan fingerprint density at radius 2 is 1.66 bits per heavy atom. The molecule has 4 nitrogen and oxygen atoms in total. The summed E-state index contributed by atoms with van der Waals surface area (Å²) in [7, 11) is 0. The highest BCUT2D eigenvalue weighted by molar-refractivity contribution is 14.1. The molecule has 0 aliphatic carbocycles. The largest absolute Gasteiger partial charge is 0.487 e. The molecule has 0 bridgehead atoms. The number of aryl methyl sites for hydroxylation is 1. The minimum Gasteiger partial charge on any atom is -0.487 e. The first-order valence-corrected chi connectivity index (χ1v) is 12.2. The van der Waals surface area contributed by atoms with Crippen LogP contribution >= 0.6 is 45.2 Å². The zero-order valence-corrected chi connectivity index (χ0v) is 21.6. The second-order valence-corrected chi connectivity index (χ2v) is 9.64. The summed E-state index contributed by atoms with van der Waals surface area (Å²) in [5.74, 6) is 0.615. The lowest BCUT2D eigenvalue weighted by Gasteiger charge is -2.11. The third kappa shape index (κ3) is 5.47. The Bertz CT molecular complexity index is 1270. The van der Waals surface area contributed by atoms with Gasteiger partial charge in [-0.15, -0.1) is 0 Å². The highest BCUT2D eigenvalue weighted by Gasteiger charge is 2.10. The van der Waals surface area contributed by atoms with E-state index in [2.05, 4.69) is 86.9 Å². The lowest BCUT2D eigenvalue weighted by atomic mass is 10.0. The summed E-state index contributed by atoms with van der Waals surface area (Å²) in [6.45, 7) is 2.59. The maximum atomic E-state index is 12.6. The van der Waals surface area contributed by atoms with Gasteiger partial charge in [0.2, 0.25) is 0 Å². The minimum atomic E-state index is -0.236. The van der Waals surface area contributed by atoms with Gasteiger partial charge in [0, 0.05) is 5.56 Å². The molecule has 0 saturated carbocycles. The van der Waals surface area contributed by atoms with E-state index in [0.29, 0.717) is 12.2 Å². The van der Waals surface area contributed by atoms with E-state index < -0.39 is 0 Å². The quantitative estimate of drug-likeness (QED) is 0.144. The lowest BCUT2D eigenvalue weighted by molar-refractivity contribution is 0.0957. The Labute approximate surface area is 214 Å². The highest BCUT2D eigenvalue weighted by atomic mass is 127. The number of hydrogen-bond acceptors (Lipinski definition) is 3. The number of benzene rings is 4. The van der Waals surface area contributed by atoms with E-state index >= 15 is 0 Å². The monoisotopic (exact) mass is 646 g/mol. The van der Waals surface area contributed by atoms with Crippen LogP contribution in [0.2, 0.25) is 0 Å². The predicted molar refractivity (Wildman–Crippen MR) is 146 cm³/mol. The molecule has 0 spiro atoms. The first-order valence-electron chi connectivity index (χ1n) is 10.00. The molecule has 0 atom stereocenters. The Hall–Kier alpha value is -2.46.